The number of hydrogen-bond acceptors (Lipinski definition) is 1. The summed E-state index contributed by atoms with van der Waals surface area (Å²) < 4.78 is 0. The van der Waals surface area contributed by atoms with E-state index in [9.17, 15) is 0 Å². The van der Waals surface area contributed by atoms with Crippen LogP contribution in [0.4, 0.5) is 0 Å². The molecule has 9 heavy (non-hydrogen) atoms. The van der Waals surface area contributed by atoms with Gasteiger partial charge < -0.3 is 5.11 Å². The summed E-state index contributed by atoms with van der Waals surface area (Å²) in [6, 6.07) is 0. The van der Waals surface area contributed by atoms with Crippen molar-refractivity contribution in [1.82, 2.24) is 0 Å². The van der Waals surface area contributed by atoms with E-state index >= 15 is 0 Å². The van der Waals surface area contributed by atoms with E-state index in [0.717, 1.165) is 18.4 Å². The molecule has 0 heterocycles. The number of aliphatic hydroxyl groups is 1. The fourth-order valence-corrected chi connectivity index (χ4v) is 0.995. The van der Waals surface area contributed by atoms with Crippen molar-refractivity contribution < 1.29 is 5.11 Å². The molecule has 0 aliphatic heterocycles. The lowest BCUT2D eigenvalue weighted by Gasteiger charge is -2.12. The molecular formula is C8H16O. The summed E-state index contributed by atoms with van der Waals surface area (Å²) in [6.45, 7) is 8.15. The Labute approximate surface area is 57.4 Å². The van der Waals surface area contributed by atoms with Gasteiger partial charge in [-0.2, -0.15) is 0 Å². The van der Waals surface area contributed by atoms with E-state index in [-0.39, 0.29) is 6.61 Å². The first kappa shape index (κ1) is 8.70. The second kappa shape index (κ2) is 4.57. The van der Waals surface area contributed by atoms with Gasteiger partial charge in [0.1, 0.15) is 0 Å². The topological polar surface area (TPSA) is 20.2 Å². The van der Waals surface area contributed by atoms with Crippen LogP contribution in [-0.2, 0) is 0 Å². The maximum atomic E-state index is 8.67. The second-order valence-electron chi connectivity index (χ2n) is 2.33. The number of rotatable bonds is 4. The lowest BCUT2D eigenvalue weighted by atomic mass is 9.96. The van der Waals surface area contributed by atoms with Crippen LogP contribution in [0.3, 0.4) is 0 Å². The van der Waals surface area contributed by atoms with Crippen molar-refractivity contribution in [3.63, 3.8) is 0 Å². The van der Waals surface area contributed by atoms with Crippen LogP contribution in [0.15, 0.2) is 12.2 Å². The first-order valence-corrected chi connectivity index (χ1v) is 3.54. The molecule has 0 atom stereocenters. The molecular weight excluding hydrogens is 112 g/mol. The number of aliphatic hydroxyl groups excluding tert-OH is 1. The van der Waals surface area contributed by atoms with Gasteiger partial charge in [0.05, 0.1) is 6.61 Å². The molecule has 0 radical (unpaired) electrons. The lowest BCUT2D eigenvalue weighted by Crippen LogP contribution is -2.03. The third kappa shape index (κ3) is 2.66. The molecule has 0 unspecified atom stereocenters. The molecule has 0 aromatic rings. The highest BCUT2D eigenvalue weighted by Gasteiger charge is 2.04. The van der Waals surface area contributed by atoms with E-state index in [0.29, 0.717) is 5.92 Å². The van der Waals surface area contributed by atoms with Crippen LogP contribution in [0.5, 0.6) is 0 Å². The molecule has 0 saturated heterocycles. The van der Waals surface area contributed by atoms with Gasteiger partial charge in [0.25, 0.3) is 0 Å². The maximum absolute atomic E-state index is 8.67. The highest BCUT2D eigenvalue weighted by Crippen LogP contribution is 2.15. The van der Waals surface area contributed by atoms with Crippen molar-refractivity contribution >= 4 is 0 Å². The van der Waals surface area contributed by atoms with E-state index in [4.69, 9.17) is 5.11 Å². The number of hydrogen-bond donors (Lipinski definition) is 1. The Morgan fingerprint density at radius 3 is 2.00 bits per heavy atom. The fraction of sp³-hybridized carbons (Fsp3) is 0.750. The molecule has 0 aromatic carbocycles. The molecule has 0 aromatic heterocycles. The molecule has 0 fully saturated rings. The zero-order valence-electron chi connectivity index (χ0n) is 6.35. The molecule has 0 aliphatic carbocycles. The largest absolute Gasteiger partial charge is 0.392 e. The predicted molar refractivity (Wildman–Crippen MR) is 40.3 cm³/mol. The first-order valence-electron chi connectivity index (χ1n) is 3.54. The molecule has 1 heteroatoms. The molecule has 1 nitrogen and oxygen atoms in total. The summed E-state index contributed by atoms with van der Waals surface area (Å²) in [7, 11) is 0. The maximum Gasteiger partial charge on any atom is 0.0641 e. The Hall–Kier alpha value is -0.300. The monoisotopic (exact) mass is 128 g/mol. The Morgan fingerprint density at radius 1 is 1.44 bits per heavy atom. The van der Waals surface area contributed by atoms with Gasteiger partial charge in [-0.3, -0.25) is 0 Å². The normalized spacial score (nSPS) is 10.2. The summed E-state index contributed by atoms with van der Waals surface area (Å²) in [5, 5.41) is 8.67. The summed E-state index contributed by atoms with van der Waals surface area (Å²) in [5.41, 5.74) is 0.972. The van der Waals surface area contributed by atoms with Crippen LogP contribution >= 0.6 is 0 Å². The quantitative estimate of drug-likeness (QED) is 0.574. The molecule has 1 N–H and O–H groups in total. The van der Waals surface area contributed by atoms with Crippen LogP contribution < -0.4 is 0 Å². The van der Waals surface area contributed by atoms with Gasteiger partial charge >= 0.3 is 0 Å². The van der Waals surface area contributed by atoms with E-state index in [2.05, 4.69) is 20.4 Å². The Balaban J connectivity index is 3.64. The zero-order valence-corrected chi connectivity index (χ0v) is 6.35. The first-order chi connectivity index (χ1) is 4.26. The summed E-state index contributed by atoms with van der Waals surface area (Å²) >= 11 is 0. The van der Waals surface area contributed by atoms with Gasteiger partial charge in [-0.05, 0) is 24.3 Å². The van der Waals surface area contributed by atoms with E-state index in [1.54, 1.807) is 0 Å². The van der Waals surface area contributed by atoms with E-state index < -0.39 is 0 Å². The van der Waals surface area contributed by atoms with Crippen LogP contribution in [0, 0.1) is 5.92 Å². The smallest absolute Gasteiger partial charge is 0.0641 e. The molecule has 0 amide bonds. The predicted octanol–water partition coefficient (Wildman–Crippen LogP) is 1.97. The molecule has 54 valence electrons. The van der Waals surface area contributed by atoms with Crippen molar-refractivity contribution in [3.05, 3.63) is 12.2 Å². The van der Waals surface area contributed by atoms with E-state index in [1.165, 1.54) is 0 Å². The van der Waals surface area contributed by atoms with Crippen molar-refractivity contribution in [2.45, 2.75) is 26.7 Å². The molecule has 0 saturated carbocycles. The molecule has 0 bridgehead atoms. The SMILES string of the molecule is C=C(CO)C(CC)CC. The van der Waals surface area contributed by atoms with Gasteiger partial charge in [-0.25, -0.2) is 0 Å². The zero-order chi connectivity index (χ0) is 7.28. The molecule has 0 spiro atoms. The van der Waals surface area contributed by atoms with Gasteiger partial charge in [0.2, 0.25) is 0 Å². The van der Waals surface area contributed by atoms with E-state index in [1.807, 2.05) is 0 Å². The summed E-state index contributed by atoms with van der Waals surface area (Å²) in [4.78, 5) is 0. The third-order valence-electron chi connectivity index (χ3n) is 1.77. The summed E-state index contributed by atoms with van der Waals surface area (Å²) in [6.07, 6.45) is 2.19. The Kier molecular flexibility index (Phi) is 4.41. The van der Waals surface area contributed by atoms with Crippen LogP contribution in [0.1, 0.15) is 26.7 Å². The Morgan fingerprint density at radius 2 is 1.89 bits per heavy atom. The van der Waals surface area contributed by atoms with Gasteiger partial charge in [0, 0.05) is 0 Å². The summed E-state index contributed by atoms with van der Waals surface area (Å²) in [5.74, 6) is 0.523. The highest BCUT2D eigenvalue weighted by atomic mass is 16.3. The lowest BCUT2D eigenvalue weighted by molar-refractivity contribution is 0.311. The third-order valence-corrected chi connectivity index (χ3v) is 1.77. The van der Waals surface area contributed by atoms with Gasteiger partial charge in [0.15, 0.2) is 0 Å². The minimum absolute atomic E-state index is 0.145. The molecule has 0 aliphatic rings. The van der Waals surface area contributed by atoms with Gasteiger partial charge in [-0.1, -0.05) is 20.4 Å². The second-order valence-corrected chi connectivity index (χ2v) is 2.33. The van der Waals surface area contributed by atoms with Crippen LogP contribution in [0.2, 0.25) is 0 Å². The van der Waals surface area contributed by atoms with Crippen molar-refractivity contribution in [3.8, 4) is 0 Å². The fourth-order valence-electron chi connectivity index (χ4n) is 0.995. The van der Waals surface area contributed by atoms with Crippen LogP contribution in [-0.4, -0.2) is 11.7 Å². The average molecular weight is 128 g/mol. The van der Waals surface area contributed by atoms with Crippen molar-refractivity contribution in [2.24, 2.45) is 5.92 Å². The minimum atomic E-state index is 0.145. The Bertz CT molecular complexity index is 82.6. The molecule has 0 rings (SSSR count). The van der Waals surface area contributed by atoms with Gasteiger partial charge in [-0.15, -0.1) is 0 Å². The van der Waals surface area contributed by atoms with Crippen LogP contribution in [0.25, 0.3) is 0 Å². The highest BCUT2D eigenvalue weighted by molar-refractivity contribution is 4.99. The minimum Gasteiger partial charge on any atom is -0.392 e. The van der Waals surface area contributed by atoms with Crippen molar-refractivity contribution in [1.29, 1.82) is 0 Å². The average Bonchev–Trinajstić information content (AvgIpc) is 1.90. The van der Waals surface area contributed by atoms with Crippen molar-refractivity contribution in [2.75, 3.05) is 6.61 Å². The standard InChI is InChI=1S/C8H16O/c1-4-8(5-2)7(3)6-9/h8-9H,3-6H2,1-2H3.